The first-order chi connectivity index (χ1) is 8.88. The lowest BCUT2D eigenvalue weighted by Crippen LogP contribution is -1.95. The lowest BCUT2D eigenvalue weighted by atomic mass is 10.3. The summed E-state index contributed by atoms with van der Waals surface area (Å²) in [7, 11) is 0. The van der Waals surface area contributed by atoms with Crippen LogP contribution >= 0.6 is 0 Å². The first-order valence-electron chi connectivity index (χ1n) is 5.90. The summed E-state index contributed by atoms with van der Waals surface area (Å²) in [6, 6.07) is 11.7. The average Bonchev–Trinajstić information content (AvgIpc) is 2.84. The Bertz CT molecular complexity index is 658. The molecular weight excluding hydrogens is 226 g/mol. The molecule has 0 aliphatic rings. The van der Waals surface area contributed by atoms with E-state index in [1.807, 2.05) is 47.9 Å². The Balaban J connectivity index is 2.03. The number of fused-ring (bicyclic) bond motifs is 1. The van der Waals surface area contributed by atoms with Gasteiger partial charge in [-0.2, -0.15) is 0 Å². The maximum atomic E-state index is 5.43. The fourth-order valence-corrected chi connectivity index (χ4v) is 1.91. The molecule has 0 radical (unpaired) electrons. The minimum absolute atomic E-state index is 0.676. The summed E-state index contributed by atoms with van der Waals surface area (Å²) in [6.07, 6.45) is 3.56. The van der Waals surface area contributed by atoms with Crippen molar-refractivity contribution in [3.63, 3.8) is 0 Å². The minimum Gasteiger partial charge on any atom is -0.494 e. The molecule has 0 spiro atoms. The number of nitrogens with zero attached hydrogens (tertiary/aromatic N) is 3. The molecule has 0 saturated heterocycles. The highest BCUT2D eigenvalue weighted by atomic mass is 16.5. The zero-order valence-corrected chi connectivity index (χ0v) is 10.1. The van der Waals surface area contributed by atoms with Crippen molar-refractivity contribution in [3.05, 3.63) is 48.9 Å². The highest BCUT2D eigenvalue weighted by Gasteiger charge is 2.04. The van der Waals surface area contributed by atoms with Gasteiger partial charge in [-0.05, 0) is 43.3 Å². The predicted molar refractivity (Wildman–Crippen MR) is 70.0 cm³/mol. The van der Waals surface area contributed by atoms with Crippen molar-refractivity contribution >= 4 is 11.2 Å². The standard InChI is InChI=1S/C14H13N3O/c1-2-18-12-7-5-11(6-8-12)17-10-16-13-4-3-9-15-14(13)17/h3-10H,2H2,1H3. The van der Waals surface area contributed by atoms with Crippen LogP contribution in [0.2, 0.25) is 0 Å². The Morgan fingerprint density at radius 2 is 1.94 bits per heavy atom. The smallest absolute Gasteiger partial charge is 0.164 e. The Morgan fingerprint density at radius 3 is 2.72 bits per heavy atom. The normalized spacial score (nSPS) is 10.7. The third kappa shape index (κ3) is 1.82. The van der Waals surface area contributed by atoms with Gasteiger partial charge in [0.1, 0.15) is 17.6 Å². The molecule has 3 rings (SSSR count). The van der Waals surface area contributed by atoms with Crippen LogP contribution in [0.25, 0.3) is 16.9 Å². The second-order valence-electron chi connectivity index (χ2n) is 3.89. The van der Waals surface area contributed by atoms with Gasteiger partial charge in [0.25, 0.3) is 0 Å². The third-order valence-electron chi connectivity index (χ3n) is 2.73. The fraction of sp³-hybridized carbons (Fsp3) is 0.143. The van der Waals surface area contributed by atoms with E-state index < -0.39 is 0 Å². The van der Waals surface area contributed by atoms with E-state index in [0.29, 0.717) is 6.61 Å². The third-order valence-corrected chi connectivity index (χ3v) is 2.73. The molecule has 3 aromatic rings. The largest absolute Gasteiger partial charge is 0.494 e. The van der Waals surface area contributed by atoms with Gasteiger partial charge in [-0.3, -0.25) is 4.57 Å². The quantitative estimate of drug-likeness (QED) is 0.705. The number of rotatable bonds is 3. The maximum Gasteiger partial charge on any atom is 0.164 e. The maximum absolute atomic E-state index is 5.43. The summed E-state index contributed by atoms with van der Waals surface area (Å²) in [5.74, 6) is 0.874. The van der Waals surface area contributed by atoms with Crippen LogP contribution in [0.1, 0.15) is 6.92 Å². The monoisotopic (exact) mass is 239 g/mol. The lowest BCUT2D eigenvalue weighted by Gasteiger charge is -2.06. The van der Waals surface area contributed by atoms with E-state index in [-0.39, 0.29) is 0 Å². The molecule has 90 valence electrons. The van der Waals surface area contributed by atoms with Gasteiger partial charge in [-0.25, -0.2) is 9.97 Å². The number of ether oxygens (including phenoxy) is 1. The van der Waals surface area contributed by atoms with Crippen LogP contribution in [0.3, 0.4) is 0 Å². The van der Waals surface area contributed by atoms with Gasteiger partial charge < -0.3 is 4.74 Å². The molecule has 0 unspecified atom stereocenters. The number of pyridine rings is 1. The lowest BCUT2D eigenvalue weighted by molar-refractivity contribution is 0.340. The van der Waals surface area contributed by atoms with Gasteiger partial charge in [0.15, 0.2) is 5.65 Å². The predicted octanol–water partition coefficient (Wildman–Crippen LogP) is 2.82. The van der Waals surface area contributed by atoms with E-state index in [1.54, 1.807) is 12.5 Å². The molecule has 0 amide bonds. The van der Waals surface area contributed by atoms with Crippen LogP contribution in [0.5, 0.6) is 5.75 Å². The number of hydrogen-bond acceptors (Lipinski definition) is 3. The highest BCUT2D eigenvalue weighted by Crippen LogP contribution is 2.18. The van der Waals surface area contributed by atoms with Crippen molar-refractivity contribution in [3.8, 4) is 11.4 Å². The van der Waals surface area contributed by atoms with Crippen molar-refractivity contribution in [2.45, 2.75) is 6.92 Å². The molecule has 0 aliphatic heterocycles. The number of benzene rings is 1. The van der Waals surface area contributed by atoms with Crippen molar-refractivity contribution in [2.24, 2.45) is 0 Å². The number of aromatic nitrogens is 3. The van der Waals surface area contributed by atoms with E-state index in [4.69, 9.17) is 4.74 Å². The van der Waals surface area contributed by atoms with Crippen LogP contribution in [-0.4, -0.2) is 21.1 Å². The summed E-state index contributed by atoms with van der Waals surface area (Å²) >= 11 is 0. The van der Waals surface area contributed by atoms with Gasteiger partial charge >= 0.3 is 0 Å². The van der Waals surface area contributed by atoms with Gasteiger partial charge in [-0.15, -0.1) is 0 Å². The minimum atomic E-state index is 0.676. The van der Waals surface area contributed by atoms with Crippen LogP contribution in [0.4, 0.5) is 0 Å². The highest BCUT2D eigenvalue weighted by molar-refractivity contribution is 5.72. The molecular formula is C14H13N3O. The molecule has 1 aromatic carbocycles. The summed E-state index contributed by atoms with van der Waals surface area (Å²) < 4.78 is 7.39. The number of hydrogen-bond donors (Lipinski definition) is 0. The number of imidazole rings is 1. The van der Waals surface area contributed by atoms with Crippen LogP contribution in [-0.2, 0) is 0 Å². The Morgan fingerprint density at radius 1 is 1.11 bits per heavy atom. The zero-order valence-electron chi connectivity index (χ0n) is 10.1. The summed E-state index contributed by atoms with van der Waals surface area (Å²) in [6.45, 7) is 2.65. The first kappa shape index (κ1) is 10.8. The van der Waals surface area contributed by atoms with Gasteiger partial charge in [0.2, 0.25) is 0 Å². The van der Waals surface area contributed by atoms with Crippen molar-refractivity contribution in [1.82, 2.24) is 14.5 Å². The Labute approximate surface area is 105 Å². The molecule has 4 heteroatoms. The second-order valence-corrected chi connectivity index (χ2v) is 3.89. The molecule has 4 nitrogen and oxygen atoms in total. The van der Waals surface area contributed by atoms with E-state index in [0.717, 1.165) is 22.6 Å². The van der Waals surface area contributed by atoms with Crippen molar-refractivity contribution in [1.29, 1.82) is 0 Å². The zero-order chi connectivity index (χ0) is 12.4. The van der Waals surface area contributed by atoms with E-state index in [1.165, 1.54) is 0 Å². The van der Waals surface area contributed by atoms with Crippen molar-refractivity contribution in [2.75, 3.05) is 6.61 Å². The molecule has 2 heterocycles. The molecule has 0 bridgehead atoms. The van der Waals surface area contributed by atoms with Crippen molar-refractivity contribution < 1.29 is 4.74 Å². The summed E-state index contributed by atoms with van der Waals surface area (Å²) in [4.78, 5) is 8.67. The summed E-state index contributed by atoms with van der Waals surface area (Å²) in [5.41, 5.74) is 2.78. The van der Waals surface area contributed by atoms with E-state index >= 15 is 0 Å². The second kappa shape index (κ2) is 4.49. The topological polar surface area (TPSA) is 39.9 Å². The van der Waals surface area contributed by atoms with Crippen LogP contribution in [0, 0.1) is 0 Å². The molecule has 0 aliphatic carbocycles. The molecule has 18 heavy (non-hydrogen) atoms. The Hall–Kier alpha value is -2.36. The fourth-order valence-electron chi connectivity index (χ4n) is 1.91. The molecule has 0 N–H and O–H groups in total. The SMILES string of the molecule is CCOc1ccc(-n2cnc3cccnc32)cc1. The first-order valence-corrected chi connectivity index (χ1v) is 5.90. The molecule has 0 atom stereocenters. The van der Waals surface area contributed by atoms with Gasteiger partial charge in [-0.1, -0.05) is 0 Å². The van der Waals surface area contributed by atoms with Crippen LogP contribution < -0.4 is 4.74 Å². The van der Waals surface area contributed by atoms with Gasteiger partial charge in [0.05, 0.1) is 6.61 Å². The van der Waals surface area contributed by atoms with E-state index in [2.05, 4.69) is 9.97 Å². The van der Waals surface area contributed by atoms with E-state index in [9.17, 15) is 0 Å². The van der Waals surface area contributed by atoms with Gasteiger partial charge in [0, 0.05) is 11.9 Å². The molecule has 0 fully saturated rings. The molecule has 0 saturated carbocycles. The average molecular weight is 239 g/mol. The van der Waals surface area contributed by atoms with Crippen LogP contribution in [0.15, 0.2) is 48.9 Å². The molecule has 2 aromatic heterocycles. The summed E-state index contributed by atoms with van der Waals surface area (Å²) in [5, 5.41) is 0. The Kier molecular flexibility index (Phi) is 2.68.